The molecule has 0 amide bonds. The van der Waals surface area contributed by atoms with Crippen LogP contribution in [0, 0.1) is 0 Å². The van der Waals surface area contributed by atoms with E-state index in [0.29, 0.717) is 0 Å². The molecule has 43 heavy (non-hydrogen) atoms. The monoisotopic (exact) mass is 548 g/mol. The van der Waals surface area contributed by atoms with Gasteiger partial charge in [-0.15, -0.1) is 0 Å². The SMILES string of the molecule is C1=Cc2cc3oc4ccc(-c5c6ccccc6c(-c6ccc(-c7ccccc7)cc6)c6ccccc56)cc4c3cc2CC1. The summed E-state index contributed by atoms with van der Waals surface area (Å²) in [6, 6.07) is 48.7. The van der Waals surface area contributed by atoms with Gasteiger partial charge in [0.2, 0.25) is 0 Å². The molecule has 0 fully saturated rings. The molecular weight excluding hydrogens is 520 g/mol. The number of benzene rings is 7. The number of aryl methyl sites for hydroxylation is 1. The first-order valence-electron chi connectivity index (χ1n) is 15.1. The Morgan fingerprint density at radius 3 is 1.67 bits per heavy atom. The number of furan rings is 1. The van der Waals surface area contributed by atoms with Crippen molar-refractivity contribution in [1.82, 2.24) is 0 Å². The van der Waals surface area contributed by atoms with Crippen molar-refractivity contribution < 1.29 is 4.42 Å². The molecule has 0 unspecified atom stereocenters. The number of hydrogen-bond acceptors (Lipinski definition) is 1. The predicted molar refractivity (Wildman–Crippen MR) is 182 cm³/mol. The Kier molecular flexibility index (Phi) is 5.39. The van der Waals surface area contributed by atoms with Gasteiger partial charge in [-0.05, 0) is 103 Å². The van der Waals surface area contributed by atoms with Crippen LogP contribution < -0.4 is 0 Å². The highest BCUT2D eigenvalue weighted by molar-refractivity contribution is 6.22. The summed E-state index contributed by atoms with van der Waals surface area (Å²) >= 11 is 0. The van der Waals surface area contributed by atoms with Crippen LogP contribution in [0.15, 0.2) is 144 Å². The zero-order valence-electron chi connectivity index (χ0n) is 23.7. The standard InChI is InChI=1S/C42H28O/c1-2-10-27(11-3-1)28-18-20-29(21-19-28)41-33-14-6-8-16-35(33)42(36-17-9-7-15-34(36)41)32-22-23-39-37(25-32)38-24-30-12-4-5-13-31(30)26-40(38)43-39/h1-3,5-11,13-26H,4,12H2. The molecule has 1 heterocycles. The normalized spacial score (nSPS) is 12.8. The van der Waals surface area contributed by atoms with Gasteiger partial charge in [-0.2, -0.15) is 0 Å². The Hall–Kier alpha value is -5.40. The van der Waals surface area contributed by atoms with E-state index in [9.17, 15) is 0 Å². The molecule has 1 aliphatic carbocycles. The first kappa shape index (κ1) is 24.2. The van der Waals surface area contributed by atoms with Crippen LogP contribution in [0.2, 0.25) is 0 Å². The number of hydrogen-bond donors (Lipinski definition) is 0. The first-order valence-corrected chi connectivity index (χ1v) is 15.1. The van der Waals surface area contributed by atoms with Crippen molar-refractivity contribution in [3.8, 4) is 33.4 Å². The van der Waals surface area contributed by atoms with Gasteiger partial charge in [-0.25, -0.2) is 0 Å². The molecule has 7 aromatic carbocycles. The molecule has 1 aliphatic rings. The fourth-order valence-electron chi connectivity index (χ4n) is 7.07. The van der Waals surface area contributed by atoms with E-state index in [1.807, 2.05) is 0 Å². The van der Waals surface area contributed by atoms with Crippen molar-refractivity contribution in [2.45, 2.75) is 12.8 Å². The largest absolute Gasteiger partial charge is 0.456 e. The highest BCUT2D eigenvalue weighted by Gasteiger charge is 2.18. The van der Waals surface area contributed by atoms with Crippen molar-refractivity contribution >= 4 is 49.6 Å². The van der Waals surface area contributed by atoms with Gasteiger partial charge in [-0.1, -0.05) is 121 Å². The van der Waals surface area contributed by atoms with Crippen LogP contribution in [-0.2, 0) is 6.42 Å². The van der Waals surface area contributed by atoms with Crippen LogP contribution in [0.25, 0.3) is 82.9 Å². The smallest absolute Gasteiger partial charge is 0.136 e. The van der Waals surface area contributed by atoms with Crippen molar-refractivity contribution in [1.29, 1.82) is 0 Å². The summed E-state index contributed by atoms with van der Waals surface area (Å²) in [5, 5.41) is 7.44. The van der Waals surface area contributed by atoms with Crippen molar-refractivity contribution in [2.75, 3.05) is 0 Å². The third-order valence-electron chi connectivity index (χ3n) is 9.11. The molecule has 1 nitrogen and oxygen atoms in total. The lowest BCUT2D eigenvalue weighted by molar-refractivity contribution is 0.668. The lowest BCUT2D eigenvalue weighted by Crippen LogP contribution is -1.93. The van der Waals surface area contributed by atoms with Crippen LogP contribution in [0.1, 0.15) is 17.5 Å². The van der Waals surface area contributed by atoms with Gasteiger partial charge < -0.3 is 4.42 Å². The van der Waals surface area contributed by atoms with Crippen LogP contribution in [0.4, 0.5) is 0 Å². The van der Waals surface area contributed by atoms with Gasteiger partial charge in [0.05, 0.1) is 0 Å². The molecule has 0 spiro atoms. The van der Waals surface area contributed by atoms with Gasteiger partial charge in [0.15, 0.2) is 0 Å². The molecule has 0 atom stereocenters. The van der Waals surface area contributed by atoms with Gasteiger partial charge >= 0.3 is 0 Å². The molecule has 9 rings (SSSR count). The zero-order valence-corrected chi connectivity index (χ0v) is 23.7. The molecule has 1 heteroatoms. The Labute approximate surface area is 250 Å². The van der Waals surface area contributed by atoms with Crippen LogP contribution in [0.3, 0.4) is 0 Å². The minimum Gasteiger partial charge on any atom is -0.456 e. The maximum atomic E-state index is 6.37. The van der Waals surface area contributed by atoms with Crippen molar-refractivity contribution in [3.63, 3.8) is 0 Å². The minimum absolute atomic E-state index is 0.939. The topological polar surface area (TPSA) is 13.1 Å². The third kappa shape index (κ3) is 3.86. The number of allylic oxidation sites excluding steroid dienone is 1. The maximum Gasteiger partial charge on any atom is 0.136 e. The average molecular weight is 549 g/mol. The quantitative estimate of drug-likeness (QED) is 0.200. The molecule has 0 aliphatic heterocycles. The fraction of sp³-hybridized carbons (Fsp3) is 0.0476. The Balaban J connectivity index is 1.28. The molecule has 0 saturated carbocycles. The van der Waals surface area contributed by atoms with Crippen molar-refractivity contribution in [3.05, 3.63) is 151 Å². The second-order valence-corrected chi connectivity index (χ2v) is 11.6. The number of fused-ring (bicyclic) bond motifs is 6. The minimum atomic E-state index is 0.939. The molecule has 0 radical (unpaired) electrons. The Bertz CT molecular complexity index is 2310. The third-order valence-corrected chi connectivity index (χ3v) is 9.11. The van der Waals surface area contributed by atoms with Crippen LogP contribution in [-0.4, -0.2) is 0 Å². The van der Waals surface area contributed by atoms with E-state index >= 15 is 0 Å². The van der Waals surface area contributed by atoms with Gasteiger partial charge in [-0.3, -0.25) is 0 Å². The summed E-state index contributed by atoms with van der Waals surface area (Å²) in [6.07, 6.45) is 6.66. The summed E-state index contributed by atoms with van der Waals surface area (Å²) in [7, 11) is 0. The van der Waals surface area contributed by atoms with E-state index in [2.05, 4.69) is 146 Å². The van der Waals surface area contributed by atoms with Crippen LogP contribution >= 0.6 is 0 Å². The average Bonchev–Trinajstić information content (AvgIpc) is 3.43. The summed E-state index contributed by atoms with van der Waals surface area (Å²) in [5.74, 6) is 0. The fourth-order valence-corrected chi connectivity index (χ4v) is 7.07. The van der Waals surface area contributed by atoms with Crippen LogP contribution in [0.5, 0.6) is 0 Å². The van der Waals surface area contributed by atoms with E-state index in [-0.39, 0.29) is 0 Å². The summed E-state index contributed by atoms with van der Waals surface area (Å²) < 4.78 is 6.37. The first-order chi connectivity index (χ1) is 21.3. The number of rotatable bonds is 3. The summed E-state index contributed by atoms with van der Waals surface area (Å²) in [6.45, 7) is 0. The van der Waals surface area contributed by atoms with E-state index in [1.165, 1.54) is 76.8 Å². The van der Waals surface area contributed by atoms with E-state index in [1.54, 1.807) is 0 Å². The maximum absolute atomic E-state index is 6.37. The summed E-state index contributed by atoms with van der Waals surface area (Å²) in [5.41, 5.74) is 12.0. The van der Waals surface area contributed by atoms with Gasteiger partial charge in [0.1, 0.15) is 11.2 Å². The lowest BCUT2D eigenvalue weighted by Gasteiger charge is -2.18. The van der Waals surface area contributed by atoms with Crippen molar-refractivity contribution in [2.24, 2.45) is 0 Å². The molecule has 8 aromatic rings. The molecule has 0 saturated heterocycles. The highest BCUT2D eigenvalue weighted by atomic mass is 16.3. The Morgan fingerprint density at radius 1 is 0.419 bits per heavy atom. The zero-order chi connectivity index (χ0) is 28.3. The predicted octanol–water partition coefficient (Wildman–Crippen LogP) is 11.9. The summed E-state index contributed by atoms with van der Waals surface area (Å²) in [4.78, 5) is 0. The molecule has 202 valence electrons. The Morgan fingerprint density at radius 2 is 0.977 bits per heavy atom. The van der Waals surface area contributed by atoms with E-state index in [4.69, 9.17) is 4.42 Å². The molecular formula is C42H28O. The van der Waals surface area contributed by atoms with E-state index < -0.39 is 0 Å². The van der Waals surface area contributed by atoms with Gasteiger partial charge in [0, 0.05) is 10.8 Å². The second-order valence-electron chi connectivity index (χ2n) is 11.6. The second kappa shape index (κ2) is 9.58. The van der Waals surface area contributed by atoms with Gasteiger partial charge in [0.25, 0.3) is 0 Å². The van der Waals surface area contributed by atoms with E-state index in [0.717, 1.165) is 24.0 Å². The lowest BCUT2D eigenvalue weighted by atomic mass is 9.85. The molecule has 0 bridgehead atoms. The molecule has 0 N–H and O–H groups in total. The highest BCUT2D eigenvalue weighted by Crippen LogP contribution is 2.45. The molecule has 1 aromatic heterocycles.